The number of carbonyl (C=O) groups is 1. The number of aromatic nitrogens is 3. The summed E-state index contributed by atoms with van der Waals surface area (Å²) >= 11 is 0. The number of halogens is 1. The Balaban J connectivity index is 1.64. The zero-order valence-corrected chi connectivity index (χ0v) is 16.5. The van der Waals surface area contributed by atoms with Gasteiger partial charge in [0.1, 0.15) is 0 Å². The van der Waals surface area contributed by atoms with Gasteiger partial charge in [0.2, 0.25) is 0 Å². The highest BCUT2D eigenvalue weighted by Gasteiger charge is 2.18. The third kappa shape index (κ3) is 5.77. The smallest absolute Gasteiger partial charge is 0.303 e. The molecule has 0 fully saturated rings. The highest BCUT2D eigenvalue weighted by atomic mass is 32.2. The summed E-state index contributed by atoms with van der Waals surface area (Å²) in [5.74, 6) is -1.91. The van der Waals surface area contributed by atoms with E-state index in [4.69, 9.17) is 9.84 Å². The van der Waals surface area contributed by atoms with Crippen molar-refractivity contribution in [1.82, 2.24) is 14.8 Å². The number of nitrogens with one attached hydrogen (secondary N) is 1. The highest BCUT2D eigenvalue weighted by Crippen LogP contribution is 2.23. The molecule has 0 unspecified atom stereocenters. The van der Waals surface area contributed by atoms with Crippen molar-refractivity contribution >= 4 is 21.8 Å². The van der Waals surface area contributed by atoms with Gasteiger partial charge in [-0.2, -0.15) is 5.10 Å². The minimum atomic E-state index is -4.06. The average molecular weight is 434 g/mol. The van der Waals surface area contributed by atoms with Crippen LogP contribution in [0.3, 0.4) is 0 Å². The first-order chi connectivity index (χ1) is 14.3. The van der Waals surface area contributed by atoms with Gasteiger partial charge in [-0.25, -0.2) is 12.8 Å². The number of nitrogens with zero attached hydrogens (tertiary/aromatic N) is 3. The lowest BCUT2D eigenvalue weighted by Gasteiger charge is -2.09. The van der Waals surface area contributed by atoms with Crippen LogP contribution in [0.25, 0.3) is 0 Å². The van der Waals surface area contributed by atoms with Gasteiger partial charge >= 0.3 is 5.97 Å². The fourth-order valence-electron chi connectivity index (χ4n) is 2.53. The van der Waals surface area contributed by atoms with Gasteiger partial charge in [-0.15, -0.1) is 0 Å². The maximum absolute atomic E-state index is 14.2. The summed E-state index contributed by atoms with van der Waals surface area (Å²) in [5.41, 5.74) is 0.760. The summed E-state index contributed by atoms with van der Waals surface area (Å²) in [6.07, 6.45) is 3.35. The summed E-state index contributed by atoms with van der Waals surface area (Å²) in [7, 11) is -4.06. The van der Waals surface area contributed by atoms with Crippen LogP contribution in [0.2, 0.25) is 0 Å². The molecule has 0 spiro atoms. The molecule has 30 heavy (non-hydrogen) atoms. The van der Waals surface area contributed by atoms with Crippen molar-refractivity contribution in [1.29, 1.82) is 0 Å². The average Bonchev–Trinajstić information content (AvgIpc) is 3.12. The monoisotopic (exact) mass is 434 g/mol. The molecule has 2 N–H and O–H groups in total. The molecule has 9 nitrogen and oxygen atoms in total. The summed E-state index contributed by atoms with van der Waals surface area (Å²) in [6, 6.07) is 10.1. The van der Waals surface area contributed by atoms with Crippen molar-refractivity contribution in [3.8, 4) is 5.75 Å². The molecule has 158 valence electrons. The van der Waals surface area contributed by atoms with Crippen LogP contribution in [0, 0.1) is 5.82 Å². The Morgan fingerprint density at radius 3 is 2.77 bits per heavy atom. The Bertz CT molecular complexity index is 1120. The predicted octanol–water partition coefficient (Wildman–Crippen LogP) is 2.51. The maximum atomic E-state index is 14.2. The molecule has 0 aliphatic carbocycles. The Kier molecular flexibility index (Phi) is 6.62. The normalized spacial score (nSPS) is 11.2. The molecule has 0 bridgehead atoms. The molecule has 0 aliphatic rings. The van der Waals surface area contributed by atoms with Gasteiger partial charge in [0.05, 0.1) is 23.7 Å². The fraction of sp³-hybridized carbons (Fsp3) is 0.211. The second-order valence-corrected chi connectivity index (χ2v) is 7.95. The van der Waals surface area contributed by atoms with Gasteiger partial charge < -0.3 is 9.84 Å². The van der Waals surface area contributed by atoms with Crippen molar-refractivity contribution in [3.63, 3.8) is 0 Å². The van der Waals surface area contributed by atoms with Crippen molar-refractivity contribution in [2.24, 2.45) is 0 Å². The highest BCUT2D eigenvalue weighted by molar-refractivity contribution is 7.92. The molecule has 0 radical (unpaired) electrons. The topological polar surface area (TPSA) is 123 Å². The van der Waals surface area contributed by atoms with Gasteiger partial charge in [-0.1, -0.05) is 6.07 Å². The van der Waals surface area contributed by atoms with Gasteiger partial charge in [-0.05, 0) is 36.8 Å². The van der Waals surface area contributed by atoms with Crippen LogP contribution < -0.4 is 9.46 Å². The number of sulfonamides is 1. The molecule has 3 rings (SSSR count). The third-order valence-corrected chi connectivity index (χ3v) is 5.29. The molecule has 0 atom stereocenters. The summed E-state index contributed by atoms with van der Waals surface area (Å²) in [4.78, 5) is 14.3. The van der Waals surface area contributed by atoms with E-state index in [0.717, 1.165) is 11.8 Å². The minimum absolute atomic E-state index is 0.00126. The van der Waals surface area contributed by atoms with Crippen LogP contribution in [0.1, 0.15) is 18.5 Å². The molecule has 0 saturated heterocycles. The number of pyridine rings is 1. The zero-order chi connectivity index (χ0) is 21.6. The van der Waals surface area contributed by atoms with Gasteiger partial charge in [0, 0.05) is 24.9 Å². The van der Waals surface area contributed by atoms with Gasteiger partial charge in [-0.3, -0.25) is 19.2 Å². The van der Waals surface area contributed by atoms with E-state index in [1.807, 2.05) is 12.1 Å². The van der Waals surface area contributed by atoms with E-state index in [0.29, 0.717) is 6.54 Å². The molecule has 0 saturated carbocycles. The minimum Gasteiger partial charge on any atom is -0.491 e. The van der Waals surface area contributed by atoms with E-state index in [9.17, 15) is 17.6 Å². The first kappa shape index (κ1) is 21.2. The van der Waals surface area contributed by atoms with Crippen molar-refractivity contribution in [3.05, 3.63) is 66.4 Å². The number of hydrogen-bond donors (Lipinski definition) is 2. The molecule has 0 aliphatic heterocycles. The Labute approximate surface area is 172 Å². The third-order valence-electron chi connectivity index (χ3n) is 3.94. The second kappa shape index (κ2) is 9.35. The number of benzene rings is 1. The van der Waals surface area contributed by atoms with E-state index in [1.54, 1.807) is 18.5 Å². The number of rotatable bonds is 10. The second-order valence-electron chi connectivity index (χ2n) is 6.26. The maximum Gasteiger partial charge on any atom is 0.303 e. The zero-order valence-electron chi connectivity index (χ0n) is 15.7. The molecule has 2 heterocycles. The van der Waals surface area contributed by atoms with Crippen LogP contribution in [0.15, 0.2) is 59.8 Å². The van der Waals surface area contributed by atoms with E-state index in [-0.39, 0.29) is 35.9 Å². The first-order valence-electron chi connectivity index (χ1n) is 8.94. The lowest BCUT2D eigenvalue weighted by atomic mass is 10.3. The van der Waals surface area contributed by atoms with E-state index in [1.165, 1.54) is 22.9 Å². The first-order valence-corrected chi connectivity index (χ1v) is 10.4. The van der Waals surface area contributed by atoms with E-state index in [2.05, 4.69) is 14.8 Å². The van der Waals surface area contributed by atoms with E-state index >= 15 is 0 Å². The van der Waals surface area contributed by atoms with Crippen LogP contribution in [0.4, 0.5) is 10.2 Å². The van der Waals surface area contributed by atoms with Gasteiger partial charge in [0.15, 0.2) is 17.4 Å². The molecule has 11 heteroatoms. The molecular weight excluding hydrogens is 415 g/mol. The summed E-state index contributed by atoms with van der Waals surface area (Å²) in [6.45, 7) is 0.367. The number of ether oxygens (including phenoxy) is 1. The Hall–Kier alpha value is -3.47. The largest absolute Gasteiger partial charge is 0.491 e. The van der Waals surface area contributed by atoms with Crippen LogP contribution in [-0.2, 0) is 21.4 Å². The number of anilines is 1. The number of carboxylic acid groups (broad SMARTS) is 1. The molecule has 2 aromatic heterocycles. The lowest BCUT2D eigenvalue weighted by molar-refractivity contribution is -0.137. The van der Waals surface area contributed by atoms with Crippen molar-refractivity contribution in [2.45, 2.75) is 24.3 Å². The van der Waals surface area contributed by atoms with Crippen LogP contribution in [0.5, 0.6) is 5.75 Å². The van der Waals surface area contributed by atoms with Gasteiger partial charge in [0.25, 0.3) is 10.0 Å². The fourth-order valence-corrected chi connectivity index (χ4v) is 3.54. The van der Waals surface area contributed by atoms with Crippen LogP contribution in [-0.4, -0.2) is 40.9 Å². The molecule has 3 aromatic rings. The van der Waals surface area contributed by atoms with Crippen molar-refractivity contribution < 1.29 is 27.4 Å². The summed E-state index contributed by atoms with van der Waals surface area (Å²) in [5, 5.41) is 12.7. The molecule has 1 aromatic carbocycles. The van der Waals surface area contributed by atoms with Crippen LogP contribution >= 0.6 is 0 Å². The molecular formula is C19H19FN4O5S. The molecule has 0 amide bonds. The summed E-state index contributed by atoms with van der Waals surface area (Å²) < 4.78 is 48.2. The quantitative estimate of drug-likeness (QED) is 0.470. The Morgan fingerprint density at radius 2 is 2.07 bits per heavy atom. The number of carboxylic acids is 1. The predicted molar refractivity (Wildman–Crippen MR) is 105 cm³/mol. The standard InChI is InChI=1S/C19H19FN4O5S/c20-16-12-15(6-7-17(16)29-11-3-5-19(25)26)30(27,28)23-18-8-10-24(22-18)13-14-4-1-2-9-21-14/h1-2,4,6-10,12H,3,5,11,13H2,(H,22,23)(H,25,26). The Morgan fingerprint density at radius 1 is 1.23 bits per heavy atom. The van der Waals surface area contributed by atoms with E-state index < -0.39 is 21.8 Å². The SMILES string of the molecule is O=C(O)CCCOc1ccc(S(=O)(=O)Nc2ccn(Cc3ccccn3)n2)cc1F. The number of hydrogen-bond acceptors (Lipinski definition) is 6. The lowest BCUT2D eigenvalue weighted by Crippen LogP contribution is -2.14. The number of aliphatic carboxylic acids is 1. The van der Waals surface area contributed by atoms with Crippen molar-refractivity contribution in [2.75, 3.05) is 11.3 Å².